The zero-order valence-electron chi connectivity index (χ0n) is 10.8. The fraction of sp³-hybridized carbons (Fsp3) is 0.750. The van der Waals surface area contributed by atoms with Crippen LogP contribution >= 0.6 is 0 Å². The molecule has 1 aliphatic heterocycles. The van der Waals surface area contributed by atoms with Crippen LogP contribution in [-0.4, -0.2) is 13.4 Å². The first-order chi connectivity index (χ1) is 6.71. The third kappa shape index (κ3) is 2.73. The molecule has 0 aromatic heterocycles. The molecule has 0 aliphatic carbocycles. The number of rotatable bonds is 4. The van der Waals surface area contributed by atoms with Gasteiger partial charge in [0.2, 0.25) is 0 Å². The van der Waals surface area contributed by atoms with E-state index in [1.165, 1.54) is 25.5 Å². The van der Waals surface area contributed by atoms with Gasteiger partial charge in [0.25, 0.3) is 0 Å². The van der Waals surface area contributed by atoms with E-state index in [-0.39, 0.29) is 16.8 Å². The van der Waals surface area contributed by atoms with Crippen molar-refractivity contribution in [2.24, 2.45) is 0 Å². The van der Waals surface area contributed by atoms with Gasteiger partial charge in [0.15, 0.2) is 0 Å². The van der Waals surface area contributed by atoms with Crippen molar-refractivity contribution in [2.45, 2.75) is 60.1 Å². The zero-order valence-corrected chi connectivity index (χ0v) is 11.9. The van der Waals surface area contributed by atoms with E-state index in [2.05, 4.69) is 34.6 Å². The van der Waals surface area contributed by atoms with Crippen LogP contribution < -0.4 is 0 Å². The number of hydrogen-bond donors (Lipinski definition) is 0. The molecule has 0 fully saturated rings. The first-order valence-corrected chi connectivity index (χ1v) is 6.26. The molecule has 3 heteroatoms. The van der Waals surface area contributed by atoms with Crippen molar-refractivity contribution in [2.75, 3.05) is 0 Å². The van der Waals surface area contributed by atoms with Gasteiger partial charge in [0.1, 0.15) is 0 Å². The van der Waals surface area contributed by atoms with Crippen LogP contribution in [0.5, 0.6) is 0 Å². The van der Waals surface area contributed by atoms with E-state index in [9.17, 15) is 0 Å². The van der Waals surface area contributed by atoms with Gasteiger partial charge in [-0.05, 0) is 12.8 Å². The van der Waals surface area contributed by atoms with Crippen LogP contribution in [0.25, 0.3) is 0 Å². The Hall–Kier alpha value is 0.376. The Bertz CT molecular complexity index is 204. The van der Waals surface area contributed by atoms with Crippen LogP contribution in [0.1, 0.15) is 47.5 Å². The molecular formula is C12H23B2Co-. The zero-order chi connectivity index (χ0) is 10.7. The fourth-order valence-electron chi connectivity index (χ4n) is 3.32. The van der Waals surface area contributed by atoms with Crippen LogP contribution in [0, 0.1) is 5.72 Å². The fourth-order valence-corrected chi connectivity index (χ4v) is 3.32. The summed E-state index contributed by atoms with van der Waals surface area (Å²) < 4.78 is 0. The van der Waals surface area contributed by atoms with Crippen molar-refractivity contribution >= 4 is 13.4 Å². The summed E-state index contributed by atoms with van der Waals surface area (Å²) in [5, 5.41) is 0. The van der Waals surface area contributed by atoms with Gasteiger partial charge >= 0.3 is 0 Å². The van der Waals surface area contributed by atoms with Gasteiger partial charge in [0, 0.05) is 30.2 Å². The minimum atomic E-state index is 0. The van der Waals surface area contributed by atoms with E-state index in [4.69, 9.17) is 0 Å². The Morgan fingerprint density at radius 1 is 0.867 bits per heavy atom. The van der Waals surface area contributed by atoms with Gasteiger partial charge in [-0.15, -0.1) is 23.6 Å². The molecule has 0 bridgehead atoms. The topological polar surface area (TPSA) is 0 Å². The second-order valence-corrected chi connectivity index (χ2v) is 4.42. The van der Waals surface area contributed by atoms with Crippen molar-refractivity contribution in [3.05, 3.63) is 16.7 Å². The third-order valence-electron chi connectivity index (χ3n) is 3.93. The summed E-state index contributed by atoms with van der Waals surface area (Å²) in [4.78, 5) is 0. The molecule has 0 saturated carbocycles. The molecule has 0 atom stereocenters. The normalized spacial score (nSPS) is 17.4. The van der Waals surface area contributed by atoms with Gasteiger partial charge in [-0.1, -0.05) is 27.7 Å². The molecule has 1 rings (SSSR count). The molecule has 0 N–H and O–H groups in total. The minimum absolute atomic E-state index is 0. The van der Waals surface area contributed by atoms with Crippen molar-refractivity contribution in [3.63, 3.8) is 0 Å². The predicted molar refractivity (Wildman–Crippen MR) is 69.0 cm³/mol. The van der Waals surface area contributed by atoms with Crippen LogP contribution in [-0.2, 0) is 16.8 Å². The molecule has 0 unspecified atom stereocenters. The summed E-state index contributed by atoms with van der Waals surface area (Å²) in [6, 6.07) is 0. The van der Waals surface area contributed by atoms with E-state index in [1.807, 2.05) is 0 Å². The maximum atomic E-state index is 2.38. The number of allylic oxidation sites excluding steroid dienone is 2. The maximum Gasteiger partial charge on any atom is 0.00107 e. The molecule has 0 amide bonds. The Morgan fingerprint density at radius 2 is 1.20 bits per heavy atom. The Morgan fingerprint density at radius 3 is 1.40 bits per heavy atom. The first kappa shape index (κ1) is 15.4. The summed E-state index contributed by atoms with van der Waals surface area (Å²) in [7, 11) is 0. The van der Waals surface area contributed by atoms with Crippen molar-refractivity contribution < 1.29 is 16.8 Å². The van der Waals surface area contributed by atoms with E-state index in [0.717, 1.165) is 13.4 Å². The Balaban J connectivity index is 0.00000196. The summed E-state index contributed by atoms with van der Waals surface area (Å²) in [6.45, 7) is 13.3. The summed E-state index contributed by atoms with van der Waals surface area (Å²) >= 11 is 0. The monoisotopic (exact) mass is 248 g/mol. The van der Waals surface area contributed by atoms with Gasteiger partial charge in [-0.25, -0.2) is 0 Å². The minimum Gasteiger partial charge on any atom is -0.351 e. The molecule has 0 nitrogen and oxygen atoms in total. The predicted octanol–water partition coefficient (Wildman–Crippen LogP) is 3.89. The third-order valence-corrected chi connectivity index (χ3v) is 3.93. The van der Waals surface area contributed by atoms with Crippen LogP contribution in [0.3, 0.4) is 0 Å². The van der Waals surface area contributed by atoms with E-state index in [0.29, 0.717) is 0 Å². The first-order valence-electron chi connectivity index (χ1n) is 6.26. The smallest absolute Gasteiger partial charge is 0.00107 e. The van der Waals surface area contributed by atoms with E-state index < -0.39 is 0 Å². The van der Waals surface area contributed by atoms with Gasteiger partial charge in [0.05, 0.1) is 0 Å². The molecule has 1 heterocycles. The van der Waals surface area contributed by atoms with E-state index in [1.54, 1.807) is 16.7 Å². The number of hydrogen-bond acceptors (Lipinski definition) is 0. The van der Waals surface area contributed by atoms with Crippen molar-refractivity contribution in [1.82, 2.24) is 0 Å². The Labute approximate surface area is 107 Å². The van der Waals surface area contributed by atoms with Gasteiger partial charge < -0.3 is 5.72 Å². The quantitative estimate of drug-likeness (QED) is 0.522. The summed E-state index contributed by atoms with van der Waals surface area (Å²) in [5.74, 6) is 0. The van der Waals surface area contributed by atoms with Crippen molar-refractivity contribution in [3.8, 4) is 0 Å². The van der Waals surface area contributed by atoms with E-state index >= 15 is 0 Å². The van der Waals surface area contributed by atoms with Gasteiger partial charge in [-0.2, -0.15) is 6.92 Å². The summed E-state index contributed by atoms with van der Waals surface area (Å²) in [6.07, 6.45) is 5.12. The van der Waals surface area contributed by atoms with Crippen LogP contribution in [0.2, 0.25) is 12.6 Å². The average Bonchev–Trinajstić information content (AvgIpc) is 2.48. The second-order valence-electron chi connectivity index (χ2n) is 4.42. The molecule has 0 aromatic carbocycles. The average molecular weight is 248 g/mol. The summed E-state index contributed by atoms with van der Waals surface area (Å²) in [5.41, 5.74) is 5.27. The van der Waals surface area contributed by atoms with Crippen molar-refractivity contribution in [1.29, 1.82) is 0 Å². The Kier molecular flexibility index (Phi) is 7.02. The van der Waals surface area contributed by atoms with Crippen LogP contribution in [0.4, 0.5) is 0 Å². The maximum absolute atomic E-state index is 2.38. The second kappa shape index (κ2) is 6.85. The molecule has 0 saturated heterocycles. The molecule has 0 aromatic rings. The molecule has 0 spiro atoms. The molecule has 1 radical (unpaired) electrons. The molecule has 15 heavy (non-hydrogen) atoms. The largest absolute Gasteiger partial charge is 0.351 e. The SMILES string of the molecule is CCB1C(CC)=C(CC)B(CC)[C-]1C.[Co]. The standard InChI is InChI=1S/C12H23B2.Co/c1-6-11-12(7-2)14(9-4)10(5)13(11)8-3;/h6-9H2,1-5H3;/q-1;. The molecular weight excluding hydrogens is 225 g/mol. The molecule has 87 valence electrons. The van der Waals surface area contributed by atoms with Crippen LogP contribution in [0.15, 0.2) is 10.9 Å². The molecule has 1 aliphatic rings. The van der Waals surface area contributed by atoms with Gasteiger partial charge in [-0.3, -0.25) is 0 Å².